The van der Waals surface area contributed by atoms with Gasteiger partial charge in [0, 0.05) is 15.6 Å². The largest absolute Gasteiger partial charge is 0.487 e. The molecule has 0 bridgehead atoms. The first-order chi connectivity index (χ1) is 9.77. The molecule has 4 nitrogen and oxygen atoms in total. The van der Waals surface area contributed by atoms with Crippen molar-refractivity contribution in [3.8, 4) is 5.75 Å². The number of rotatable bonds is 4. The molecular weight excluding hydrogens is 333 g/mol. The Labute approximate surface area is 133 Å². The van der Waals surface area contributed by atoms with E-state index in [-0.39, 0.29) is 17.3 Å². The maximum atomic E-state index is 11.6. The fourth-order valence-electron chi connectivity index (χ4n) is 1.77. The van der Waals surface area contributed by atoms with Crippen molar-refractivity contribution in [2.75, 3.05) is 0 Å². The average Bonchev–Trinajstić information content (AvgIpc) is 2.40. The van der Waals surface area contributed by atoms with E-state index in [1.54, 1.807) is 37.3 Å². The lowest BCUT2D eigenvalue weighted by molar-refractivity contribution is 0.298. The van der Waals surface area contributed by atoms with E-state index in [0.717, 1.165) is 5.56 Å². The van der Waals surface area contributed by atoms with E-state index in [4.69, 9.17) is 33.1 Å². The topological polar surface area (TPSA) is 69.4 Å². The van der Waals surface area contributed by atoms with Gasteiger partial charge in [-0.2, -0.15) is 0 Å². The second-order valence-electron chi connectivity index (χ2n) is 4.52. The third-order valence-corrected chi connectivity index (χ3v) is 4.33. The summed E-state index contributed by atoms with van der Waals surface area (Å²) in [6.07, 6.45) is 0. The highest BCUT2D eigenvalue weighted by molar-refractivity contribution is 7.89. The van der Waals surface area contributed by atoms with Crippen LogP contribution in [0.2, 0.25) is 10.0 Å². The Kier molecular flexibility index (Phi) is 4.78. The molecule has 0 aliphatic heterocycles. The minimum Gasteiger partial charge on any atom is -0.487 e. The molecule has 0 heterocycles. The highest BCUT2D eigenvalue weighted by Gasteiger charge is 2.16. The number of halogens is 2. The van der Waals surface area contributed by atoms with Crippen LogP contribution in [-0.4, -0.2) is 8.42 Å². The zero-order valence-electron chi connectivity index (χ0n) is 11.1. The third-order valence-electron chi connectivity index (χ3n) is 2.80. The van der Waals surface area contributed by atoms with Gasteiger partial charge in [-0.3, -0.25) is 0 Å². The standard InChI is InChI=1S/C14H13Cl2NO3S/c1-9-2-5-13(14(6-9)21(17,18)19)20-8-10-7-11(15)3-4-12(10)16/h2-7H,8H2,1H3,(H2,17,18,19). The summed E-state index contributed by atoms with van der Waals surface area (Å²) in [4.78, 5) is -0.0550. The number of ether oxygens (including phenoxy) is 1. The van der Waals surface area contributed by atoms with Gasteiger partial charge in [0.25, 0.3) is 0 Å². The zero-order valence-corrected chi connectivity index (χ0v) is 13.5. The molecule has 0 aliphatic rings. The summed E-state index contributed by atoms with van der Waals surface area (Å²) in [6, 6.07) is 9.74. The summed E-state index contributed by atoms with van der Waals surface area (Å²) in [5.41, 5.74) is 1.43. The molecule has 0 saturated carbocycles. The monoisotopic (exact) mass is 345 g/mol. The lowest BCUT2D eigenvalue weighted by Gasteiger charge is -2.12. The van der Waals surface area contributed by atoms with Crippen LogP contribution in [0, 0.1) is 6.92 Å². The molecule has 0 spiro atoms. The van der Waals surface area contributed by atoms with Crippen molar-refractivity contribution in [3.63, 3.8) is 0 Å². The van der Waals surface area contributed by atoms with Gasteiger partial charge >= 0.3 is 0 Å². The summed E-state index contributed by atoms with van der Waals surface area (Å²) < 4.78 is 28.7. The molecular formula is C14H13Cl2NO3S. The van der Waals surface area contributed by atoms with Gasteiger partial charge in [0.2, 0.25) is 10.0 Å². The maximum absolute atomic E-state index is 11.6. The summed E-state index contributed by atoms with van der Waals surface area (Å²) in [5.74, 6) is 0.180. The number of primary sulfonamides is 1. The fraction of sp³-hybridized carbons (Fsp3) is 0.143. The molecule has 0 unspecified atom stereocenters. The zero-order chi connectivity index (χ0) is 15.6. The van der Waals surface area contributed by atoms with Crippen molar-refractivity contribution in [2.45, 2.75) is 18.4 Å². The molecule has 2 rings (SSSR count). The molecule has 0 aliphatic carbocycles. The molecule has 7 heteroatoms. The van der Waals surface area contributed by atoms with Crippen molar-refractivity contribution in [1.29, 1.82) is 0 Å². The Balaban J connectivity index is 2.30. The minimum absolute atomic E-state index is 0.0550. The van der Waals surface area contributed by atoms with Crippen molar-refractivity contribution < 1.29 is 13.2 Å². The summed E-state index contributed by atoms with van der Waals surface area (Å²) >= 11 is 11.9. The summed E-state index contributed by atoms with van der Waals surface area (Å²) in [7, 11) is -3.86. The van der Waals surface area contributed by atoms with Crippen LogP contribution in [0.4, 0.5) is 0 Å². The molecule has 21 heavy (non-hydrogen) atoms. The van der Waals surface area contributed by atoms with Gasteiger partial charge in [0.1, 0.15) is 17.3 Å². The van der Waals surface area contributed by atoms with Crippen molar-refractivity contribution in [2.24, 2.45) is 5.14 Å². The Morgan fingerprint density at radius 1 is 1.14 bits per heavy atom. The maximum Gasteiger partial charge on any atom is 0.241 e. The fourth-order valence-corrected chi connectivity index (χ4v) is 2.89. The van der Waals surface area contributed by atoms with Crippen LogP contribution < -0.4 is 9.88 Å². The molecule has 0 aromatic heterocycles. The van der Waals surface area contributed by atoms with Crippen LogP contribution in [0.15, 0.2) is 41.3 Å². The minimum atomic E-state index is -3.86. The SMILES string of the molecule is Cc1ccc(OCc2cc(Cl)ccc2Cl)c(S(N)(=O)=O)c1. The molecule has 0 atom stereocenters. The first kappa shape index (κ1) is 16.1. The number of aryl methyl sites for hydroxylation is 1. The second-order valence-corrected chi connectivity index (χ2v) is 6.89. The Hall–Kier alpha value is -1.27. The predicted octanol–water partition coefficient (Wildman–Crippen LogP) is 3.53. The Morgan fingerprint density at radius 2 is 1.86 bits per heavy atom. The summed E-state index contributed by atoms with van der Waals surface area (Å²) in [5, 5.41) is 6.21. The van der Waals surface area contributed by atoms with Gasteiger partial charge in [-0.25, -0.2) is 13.6 Å². The normalized spacial score (nSPS) is 11.4. The molecule has 2 aromatic rings. The van der Waals surface area contributed by atoms with Crippen LogP contribution in [0.25, 0.3) is 0 Å². The van der Waals surface area contributed by atoms with E-state index >= 15 is 0 Å². The molecule has 0 amide bonds. The average molecular weight is 346 g/mol. The lowest BCUT2D eigenvalue weighted by Crippen LogP contribution is -2.14. The number of benzene rings is 2. The van der Waals surface area contributed by atoms with Crippen molar-refractivity contribution in [3.05, 3.63) is 57.6 Å². The van der Waals surface area contributed by atoms with Crippen molar-refractivity contribution >= 4 is 33.2 Å². The molecule has 0 fully saturated rings. The highest BCUT2D eigenvalue weighted by Crippen LogP contribution is 2.27. The van der Waals surface area contributed by atoms with Crippen LogP contribution >= 0.6 is 23.2 Å². The number of sulfonamides is 1. The predicted molar refractivity (Wildman–Crippen MR) is 83.3 cm³/mol. The van der Waals surface area contributed by atoms with E-state index in [0.29, 0.717) is 15.6 Å². The molecule has 0 radical (unpaired) electrons. The second kappa shape index (κ2) is 6.23. The van der Waals surface area contributed by atoms with Gasteiger partial charge in [-0.05, 0) is 42.8 Å². The van der Waals surface area contributed by atoms with Gasteiger partial charge in [-0.15, -0.1) is 0 Å². The summed E-state index contributed by atoms with van der Waals surface area (Å²) in [6.45, 7) is 1.86. The van der Waals surface area contributed by atoms with Gasteiger partial charge in [-0.1, -0.05) is 29.3 Å². The highest BCUT2D eigenvalue weighted by atomic mass is 35.5. The molecule has 112 valence electrons. The van der Waals surface area contributed by atoms with E-state index in [1.165, 1.54) is 6.07 Å². The van der Waals surface area contributed by atoms with Crippen molar-refractivity contribution in [1.82, 2.24) is 0 Å². The van der Waals surface area contributed by atoms with Crippen LogP contribution in [-0.2, 0) is 16.6 Å². The van der Waals surface area contributed by atoms with E-state index in [2.05, 4.69) is 0 Å². The molecule has 2 N–H and O–H groups in total. The molecule has 0 saturated heterocycles. The lowest BCUT2D eigenvalue weighted by atomic mass is 10.2. The number of hydrogen-bond donors (Lipinski definition) is 1. The third kappa shape index (κ3) is 4.11. The van der Waals surface area contributed by atoms with Crippen LogP contribution in [0.1, 0.15) is 11.1 Å². The Morgan fingerprint density at radius 3 is 2.52 bits per heavy atom. The smallest absolute Gasteiger partial charge is 0.241 e. The van der Waals surface area contributed by atoms with E-state index in [9.17, 15) is 8.42 Å². The molecule has 2 aromatic carbocycles. The van der Waals surface area contributed by atoms with Gasteiger partial charge in [0.05, 0.1) is 0 Å². The number of nitrogens with two attached hydrogens (primary N) is 1. The quantitative estimate of drug-likeness (QED) is 0.921. The Bertz CT molecular complexity index is 776. The number of hydrogen-bond acceptors (Lipinski definition) is 3. The van der Waals surface area contributed by atoms with Crippen LogP contribution in [0.3, 0.4) is 0 Å². The van der Waals surface area contributed by atoms with Crippen LogP contribution in [0.5, 0.6) is 5.75 Å². The van der Waals surface area contributed by atoms with Gasteiger partial charge in [0.15, 0.2) is 0 Å². The first-order valence-corrected chi connectivity index (χ1v) is 8.28. The first-order valence-electron chi connectivity index (χ1n) is 5.97. The van der Waals surface area contributed by atoms with Gasteiger partial charge < -0.3 is 4.74 Å². The van der Waals surface area contributed by atoms with E-state index < -0.39 is 10.0 Å². The van der Waals surface area contributed by atoms with E-state index in [1.807, 2.05) is 0 Å².